The zero-order chi connectivity index (χ0) is 14.5. The molecule has 2 heterocycles. The Balaban J connectivity index is 1.67. The number of amides is 2. The number of carbonyl (C=O) groups excluding carboxylic acids is 1. The highest BCUT2D eigenvalue weighted by atomic mass is 16.5. The van der Waals surface area contributed by atoms with E-state index in [4.69, 9.17) is 9.47 Å². The van der Waals surface area contributed by atoms with Gasteiger partial charge in [0.05, 0.1) is 25.4 Å². The largest absolute Gasteiger partial charge is 0.379 e. The highest BCUT2D eigenvalue weighted by molar-refractivity contribution is 5.74. The lowest BCUT2D eigenvalue weighted by Crippen LogP contribution is -2.50. The Kier molecular flexibility index (Phi) is 5.66. The molecule has 4 atom stereocenters. The van der Waals surface area contributed by atoms with Crippen molar-refractivity contribution in [2.24, 2.45) is 11.8 Å². The summed E-state index contributed by atoms with van der Waals surface area (Å²) >= 11 is 0. The Labute approximate surface area is 122 Å². The summed E-state index contributed by atoms with van der Waals surface area (Å²) < 4.78 is 11.0. The molecule has 2 amide bonds. The van der Waals surface area contributed by atoms with Gasteiger partial charge in [-0.1, -0.05) is 13.8 Å². The van der Waals surface area contributed by atoms with Crippen LogP contribution in [0.2, 0.25) is 0 Å². The molecule has 0 radical (unpaired) electrons. The van der Waals surface area contributed by atoms with Crippen molar-refractivity contribution in [2.75, 3.05) is 32.9 Å². The lowest BCUT2D eigenvalue weighted by Gasteiger charge is -2.35. The molecule has 2 fully saturated rings. The average Bonchev–Trinajstić information content (AvgIpc) is 2.92. The molecule has 0 saturated carbocycles. The molecular weight excluding hydrogens is 256 g/mol. The van der Waals surface area contributed by atoms with E-state index in [2.05, 4.69) is 19.2 Å². The highest BCUT2D eigenvalue weighted by Crippen LogP contribution is 2.22. The van der Waals surface area contributed by atoms with Gasteiger partial charge in [-0.05, 0) is 31.6 Å². The van der Waals surface area contributed by atoms with E-state index in [-0.39, 0.29) is 18.2 Å². The fraction of sp³-hybridized carbons (Fsp3) is 0.933. The molecule has 0 aromatic carbocycles. The number of carbonyl (C=O) groups is 1. The summed E-state index contributed by atoms with van der Waals surface area (Å²) in [5, 5.41) is 3.03. The molecule has 20 heavy (non-hydrogen) atoms. The fourth-order valence-corrected chi connectivity index (χ4v) is 2.72. The summed E-state index contributed by atoms with van der Waals surface area (Å²) in [6.45, 7) is 10.2. The summed E-state index contributed by atoms with van der Waals surface area (Å²) in [6.07, 6.45) is 2.26. The number of nitrogens with one attached hydrogen (secondary N) is 1. The standard InChI is InChI=1S/C15H28N2O3/c1-11-4-6-17(8-12(11)2)15(18)16-13(3)9-20-14-5-7-19-10-14/h11-14H,4-10H2,1-3H3,(H,16,18)/t11-,12-,13-,14-/m1/s1. The monoisotopic (exact) mass is 284 g/mol. The minimum absolute atomic E-state index is 0.0396. The second-order valence-electron chi connectivity index (χ2n) is 6.36. The SMILES string of the molecule is C[C@H](CO[C@@H]1CCOC1)NC(=O)N1CC[C@@H](C)[C@H](C)C1. The van der Waals surface area contributed by atoms with Crippen LogP contribution in [0.15, 0.2) is 0 Å². The Morgan fingerprint density at radius 2 is 2.20 bits per heavy atom. The van der Waals surface area contributed by atoms with E-state index in [0.717, 1.165) is 32.5 Å². The molecule has 5 nitrogen and oxygen atoms in total. The summed E-state index contributed by atoms with van der Waals surface area (Å²) in [5.74, 6) is 1.29. The van der Waals surface area contributed by atoms with Crippen molar-refractivity contribution in [3.05, 3.63) is 0 Å². The van der Waals surface area contributed by atoms with Gasteiger partial charge in [-0.3, -0.25) is 0 Å². The third-order valence-corrected chi connectivity index (χ3v) is 4.46. The van der Waals surface area contributed by atoms with Crippen LogP contribution in [-0.4, -0.2) is 56.0 Å². The van der Waals surface area contributed by atoms with Crippen molar-refractivity contribution in [3.63, 3.8) is 0 Å². The van der Waals surface area contributed by atoms with Crippen LogP contribution in [0.1, 0.15) is 33.6 Å². The molecule has 0 aromatic heterocycles. The van der Waals surface area contributed by atoms with E-state index in [0.29, 0.717) is 25.0 Å². The molecule has 116 valence electrons. The molecule has 0 aliphatic carbocycles. The van der Waals surface area contributed by atoms with E-state index in [1.807, 2.05) is 11.8 Å². The van der Waals surface area contributed by atoms with Gasteiger partial charge < -0.3 is 19.7 Å². The number of urea groups is 1. The maximum Gasteiger partial charge on any atom is 0.317 e. The minimum Gasteiger partial charge on any atom is -0.379 e. The average molecular weight is 284 g/mol. The normalized spacial score (nSPS) is 32.1. The van der Waals surface area contributed by atoms with Crippen LogP contribution in [0, 0.1) is 11.8 Å². The van der Waals surface area contributed by atoms with Crippen molar-refractivity contribution in [2.45, 2.75) is 45.8 Å². The smallest absolute Gasteiger partial charge is 0.317 e. The third-order valence-electron chi connectivity index (χ3n) is 4.46. The van der Waals surface area contributed by atoms with Gasteiger partial charge in [-0.15, -0.1) is 0 Å². The van der Waals surface area contributed by atoms with Crippen LogP contribution in [0.4, 0.5) is 4.79 Å². The molecule has 2 aliphatic rings. The summed E-state index contributed by atoms with van der Waals surface area (Å²) in [5.41, 5.74) is 0. The van der Waals surface area contributed by atoms with E-state index >= 15 is 0 Å². The van der Waals surface area contributed by atoms with Gasteiger partial charge >= 0.3 is 6.03 Å². The second kappa shape index (κ2) is 7.27. The maximum atomic E-state index is 12.2. The van der Waals surface area contributed by atoms with Crippen LogP contribution >= 0.6 is 0 Å². The molecule has 1 N–H and O–H groups in total. The topological polar surface area (TPSA) is 50.8 Å². The van der Waals surface area contributed by atoms with Gasteiger partial charge in [0.1, 0.15) is 0 Å². The Bertz CT molecular complexity index is 318. The number of likely N-dealkylation sites (tertiary alicyclic amines) is 1. The number of hydrogen-bond donors (Lipinski definition) is 1. The van der Waals surface area contributed by atoms with Crippen molar-refractivity contribution in [1.29, 1.82) is 0 Å². The van der Waals surface area contributed by atoms with Crippen LogP contribution in [0.25, 0.3) is 0 Å². The van der Waals surface area contributed by atoms with Crippen LogP contribution in [0.5, 0.6) is 0 Å². The van der Waals surface area contributed by atoms with Gasteiger partial charge in [0.25, 0.3) is 0 Å². The molecule has 0 aromatic rings. The number of hydrogen-bond acceptors (Lipinski definition) is 3. The van der Waals surface area contributed by atoms with Gasteiger partial charge in [0.15, 0.2) is 0 Å². The lowest BCUT2D eigenvalue weighted by atomic mass is 9.89. The quantitative estimate of drug-likeness (QED) is 0.857. The molecular formula is C15H28N2O3. The Morgan fingerprint density at radius 3 is 2.85 bits per heavy atom. The number of piperidine rings is 1. The Hall–Kier alpha value is -0.810. The Morgan fingerprint density at radius 1 is 1.40 bits per heavy atom. The van der Waals surface area contributed by atoms with Crippen molar-refractivity contribution in [3.8, 4) is 0 Å². The number of rotatable bonds is 4. The molecule has 0 bridgehead atoms. The zero-order valence-electron chi connectivity index (χ0n) is 12.9. The molecule has 2 aliphatic heterocycles. The zero-order valence-corrected chi connectivity index (χ0v) is 12.9. The maximum absolute atomic E-state index is 12.2. The van der Waals surface area contributed by atoms with Gasteiger partial charge in [0.2, 0.25) is 0 Å². The predicted octanol–water partition coefficient (Wildman–Crippen LogP) is 1.87. The molecule has 0 spiro atoms. The highest BCUT2D eigenvalue weighted by Gasteiger charge is 2.26. The lowest BCUT2D eigenvalue weighted by molar-refractivity contribution is 0.0325. The van der Waals surface area contributed by atoms with Crippen LogP contribution < -0.4 is 5.32 Å². The van der Waals surface area contributed by atoms with Crippen molar-refractivity contribution in [1.82, 2.24) is 10.2 Å². The fourth-order valence-electron chi connectivity index (χ4n) is 2.72. The number of ether oxygens (including phenoxy) is 2. The first kappa shape index (κ1) is 15.6. The second-order valence-corrected chi connectivity index (χ2v) is 6.36. The van der Waals surface area contributed by atoms with Crippen molar-refractivity contribution < 1.29 is 14.3 Å². The molecule has 0 unspecified atom stereocenters. The third kappa shape index (κ3) is 4.35. The number of nitrogens with zero attached hydrogens (tertiary/aromatic N) is 1. The van der Waals surface area contributed by atoms with Gasteiger partial charge in [-0.25, -0.2) is 4.79 Å². The molecule has 2 saturated heterocycles. The van der Waals surface area contributed by atoms with E-state index in [9.17, 15) is 4.79 Å². The first-order valence-electron chi connectivity index (χ1n) is 7.81. The predicted molar refractivity (Wildman–Crippen MR) is 77.7 cm³/mol. The summed E-state index contributed by atoms with van der Waals surface area (Å²) in [6, 6.07) is 0.0836. The first-order valence-corrected chi connectivity index (χ1v) is 7.81. The summed E-state index contributed by atoms with van der Waals surface area (Å²) in [4.78, 5) is 14.1. The van der Waals surface area contributed by atoms with Gasteiger partial charge in [-0.2, -0.15) is 0 Å². The minimum atomic E-state index is 0.0396. The summed E-state index contributed by atoms with van der Waals surface area (Å²) in [7, 11) is 0. The molecule has 5 heteroatoms. The van der Waals surface area contributed by atoms with Crippen LogP contribution in [0.3, 0.4) is 0 Å². The van der Waals surface area contributed by atoms with E-state index in [1.54, 1.807) is 0 Å². The first-order chi connectivity index (χ1) is 9.56. The van der Waals surface area contributed by atoms with Crippen molar-refractivity contribution >= 4 is 6.03 Å². The molecule has 2 rings (SSSR count). The van der Waals surface area contributed by atoms with E-state index < -0.39 is 0 Å². The van der Waals surface area contributed by atoms with Crippen LogP contribution in [-0.2, 0) is 9.47 Å². The van der Waals surface area contributed by atoms with Gasteiger partial charge in [0, 0.05) is 19.7 Å². The van der Waals surface area contributed by atoms with E-state index in [1.165, 1.54) is 0 Å².